The van der Waals surface area contributed by atoms with Gasteiger partial charge in [0.05, 0.1) is 19.4 Å². The first-order valence-corrected chi connectivity index (χ1v) is 7.34. The molecule has 0 aliphatic carbocycles. The van der Waals surface area contributed by atoms with Crippen molar-refractivity contribution in [2.75, 3.05) is 24.8 Å². The molecule has 0 heterocycles. The Labute approximate surface area is 126 Å². The summed E-state index contributed by atoms with van der Waals surface area (Å²) in [6, 6.07) is 5.06. The maximum absolute atomic E-state index is 11.8. The Morgan fingerprint density at radius 3 is 2.67 bits per heavy atom. The van der Waals surface area contributed by atoms with Gasteiger partial charge in [0.1, 0.15) is 11.8 Å². The largest absolute Gasteiger partial charge is 0.491 e. The van der Waals surface area contributed by atoms with E-state index in [0.29, 0.717) is 30.4 Å². The molecule has 5 nitrogen and oxygen atoms in total. The van der Waals surface area contributed by atoms with Gasteiger partial charge in [0.25, 0.3) is 0 Å². The molecule has 21 heavy (non-hydrogen) atoms. The van der Waals surface area contributed by atoms with E-state index in [1.807, 2.05) is 19.1 Å². The predicted molar refractivity (Wildman–Crippen MR) is 85.5 cm³/mol. The molecular formula is C16H26N2O3. The molecule has 1 aromatic rings. The van der Waals surface area contributed by atoms with Crippen LogP contribution in [0, 0.1) is 5.92 Å². The second-order valence-electron chi connectivity index (χ2n) is 5.45. The summed E-state index contributed by atoms with van der Waals surface area (Å²) < 4.78 is 10.4. The molecule has 0 amide bonds. The number of nitrogen functional groups attached to an aromatic ring is 1. The number of hydrogen-bond donors (Lipinski definition) is 2. The number of esters is 1. The van der Waals surface area contributed by atoms with Crippen LogP contribution in [0.1, 0.15) is 33.6 Å². The molecule has 1 unspecified atom stereocenters. The van der Waals surface area contributed by atoms with E-state index in [-0.39, 0.29) is 12.0 Å². The van der Waals surface area contributed by atoms with E-state index in [1.165, 1.54) is 7.11 Å². The fourth-order valence-electron chi connectivity index (χ4n) is 1.99. The number of nitrogens with two attached hydrogens (primary N) is 1. The van der Waals surface area contributed by atoms with Crippen LogP contribution in [0.25, 0.3) is 0 Å². The van der Waals surface area contributed by atoms with E-state index >= 15 is 0 Å². The second kappa shape index (κ2) is 8.39. The number of anilines is 2. The Balaban J connectivity index is 2.85. The molecule has 0 spiro atoms. The van der Waals surface area contributed by atoms with Crippen LogP contribution in [-0.4, -0.2) is 25.7 Å². The number of methoxy groups -OCH3 is 1. The van der Waals surface area contributed by atoms with E-state index in [0.717, 1.165) is 12.1 Å². The Bertz CT molecular complexity index is 461. The first-order valence-electron chi connectivity index (χ1n) is 7.34. The van der Waals surface area contributed by atoms with Crippen molar-refractivity contribution in [3.8, 4) is 5.75 Å². The molecule has 0 saturated carbocycles. The molecule has 0 aromatic heterocycles. The van der Waals surface area contributed by atoms with Crippen molar-refractivity contribution in [2.24, 2.45) is 5.92 Å². The van der Waals surface area contributed by atoms with Crippen molar-refractivity contribution < 1.29 is 14.3 Å². The summed E-state index contributed by atoms with van der Waals surface area (Å²) >= 11 is 0. The van der Waals surface area contributed by atoms with Gasteiger partial charge in [-0.2, -0.15) is 0 Å². The van der Waals surface area contributed by atoms with Gasteiger partial charge in [-0.25, -0.2) is 4.79 Å². The number of carbonyl (C=O) groups excluding carboxylic acids is 1. The van der Waals surface area contributed by atoms with Crippen LogP contribution in [-0.2, 0) is 9.53 Å². The Hall–Kier alpha value is -1.91. The first kappa shape index (κ1) is 17.1. The lowest BCUT2D eigenvalue weighted by molar-refractivity contribution is -0.141. The topological polar surface area (TPSA) is 73.6 Å². The fourth-order valence-corrected chi connectivity index (χ4v) is 1.99. The van der Waals surface area contributed by atoms with Crippen LogP contribution >= 0.6 is 0 Å². The van der Waals surface area contributed by atoms with Crippen molar-refractivity contribution in [2.45, 2.75) is 39.7 Å². The molecule has 0 radical (unpaired) electrons. The van der Waals surface area contributed by atoms with Gasteiger partial charge in [-0.3, -0.25) is 0 Å². The first-order chi connectivity index (χ1) is 9.97. The molecule has 3 N–H and O–H groups in total. The molecule has 1 rings (SSSR count). The summed E-state index contributed by atoms with van der Waals surface area (Å²) in [4.78, 5) is 11.8. The molecule has 0 bridgehead atoms. The summed E-state index contributed by atoms with van der Waals surface area (Å²) in [5, 5.41) is 3.19. The fraction of sp³-hybridized carbons (Fsp3) is 0.562. The van der Waals surface area contributed by atoms with E-state index in [4.69, 9.17) is 15.2 Å². The molecule has 0 aliphatic rings. The van der Waals surface area contributed by atoms with Crippen molar-refractivity contribution in [1.29, 1.82) is 0 Å². The Kier molecular flexibility index (Phi) is 6.85. The Morgan fingerprint density at radius 2 is 2.10 bits per heavy atom. The van der Waals surface area contributed by atoms with Crippen LogP contribution in [0.4, 0.5) is 11.4 Å². The van der Waals surface area contributed by atoms with Crippen molar-refractivity contribution >= 4 is 17.3 Å². The number of nitrogens with one attached hydrogen (secondary N) is 1. The van der Waals surface area contributed by atoms with Gasteiger partial charge in [0.15, 0.2) is 0 Å². The summed E-state index contributed by atoms with van der Waals surface area (Å²) in [5.74, 6) is 0.748. The van der Waals surface area contributed by atoms with Crippen LogP contribution < -0.4 is 15.8 Å². The zero-order valence-electron chi connectivity index (χ0n) is 13.3. The lowest BCUT2D eigenvalue weighted by Gasteiger charge is -2.20. The maximum atomic E-state index is 11.8. The number of hydrogen-bond acceptors (Lipinski definition) is 5. The normalized spacial score (nSPS) is 12.0. The monoisotopic (exact) mass is 294 g/mol. The predicted octanol–water partition coefficient (Wildman–Crippen LogP) is 3.06. The maximum Gasteiger partial charge on any atom is 0.328 e. The van der Waals surface area contributed by atoms with Crippen molar-refractivity contribution in [3.05, 3.63) is 18.2 Å². The highest BCUT2D eigenvalue weighted by molar-refractivity contribution is 5.79. The summed E-state index contributed by atoms with van der Waals surface area (Å²) in [6.45, 7) is 6.78. The lowest BCUT2D eigenvalue weighted by atomic mass is 10.0. The molecule has 1 atom stereocenters. The quantitative estimate of drug-likeness (QED) is 0.569. The summed E-state index contributed by atoms with van der Waals surface area (Å²) in [6.07, 6.45) is 1.61. The highest BCUT2D eigenvalue weighted by Crippen LogP contribution is 2.26. The van der Waals surface area contributed by atoms with Crippen LogP contribution in [0.2, 0.25) is 0 Å². The van der Waals surface area contributed by atoms with Crippen LogP contribution in [0.5, 0.6) is 5.75 Å². The zero-order valence-corrected chi connectivity index (χ0v) is 13.3. The Morgan fingerprint density at radius 1 is 1.38 bits per heavy atom. The zero-order chi connectivity index (χ0) is 15.8. The number of ether oxygens (including phenoxy) is 2. The van der Waals surface area contributed by atoms with Gasteiger partial charge < -0.3 is 20.5 Å². The summed E-state index contributed by atoms with van der Waals surface area (Å²) in [5.41, 5.74) is 7.27. The minimum atomic E-state index is -0.377. The molecule has 0 saturated heterocycles. The highest BCUT2D eigenvalue weighted by Gasteiger charge is 2.20. The second-order valence-corrected chi connectivity index (χ2v) is 5.45. The van der Waals surface area contributed by atoms with Crippen molar-refractivity contribution in [3.63, 3.8) is 0 Å². The smallest absolute Gasteiger partial charge is 0.328 e. The van der Waals surface area contributed by atoms with Gasteiger partial charge in [-0.15, -0.1) is 0 Å². The summed E-state index contributed by atoms with van der Waals surface area (Å²) in [7, 11) is 1.40. The molecule has 0 aliphatic heterocycles. The average molecular weight is 294 g/mol. The highest BCUT2D eigenvalue weighted by atomic mass is 16.5. The molecule has 118 valence electrons. The lowest BCUT2D eigenvalue weighted by Crippen LogP contribution is -2.32. The van der Waals surface area contributed by atoms with E-state index < -0.39 is 0 Å². The number of carbonyl (C=O) groups is 1. The molecular weight excluding hydrogens is 268 g/mol. The standard InChI is InChI=1S/C16H26N2O3/c1-5-8-21-15-10-12(6-7-13(15)17)18-14(9-11(2)3)16(19)20-4/h6-7,10-11,14,18H,5,8-9,17H2,1-4H3. The molecule has 1 aromatic carbocycles. The van der Waals surface area contributed by atoms with Gasteiger partial charge in [0, 0.05) is 11.8 Å². The number of rotatable bonds is 8. The average Bonchev–Trinajstić information content (AvgIpc) is 2.45. The van der Waals surface area contributed by atoms with Gasteiger partial charge >= 0.3 is 5.97 Å². The van der Waals surface area contributed by atoms with Crippen molar-refractivity contribution in [1.82, 2.24) is 0 Å². The SMILES string of the molecule is CCCOc1cc(NC(CC(C)C)C(=O)OC)ccc1N. The van der Waals surface area contributed by atoms with E-state index in [1.54, 1.807) is 6.07 Å². The minimum Gasteiger partial charge on any atom is -0.491 e. The third-order valence-electron chi connectivity index (χ3n) is 3.01. The molecule has 5 heteroatoms. The third kappa shape index (κ3) is 5.53. The van der Waals surface area contributed by atoms with Crippen LogP contribution in [0.3, 0.4) is 0 Å². The van der Waals surface area contributed by atoms with Crippen LogP contribution in [0.15, 0.2) is 18.2 Å². The number of benzene rings is 1. The van der Waals surface area contributed by atoms with Gasteiger partial charge in [-0.05, 0) is 30.9 Å². The van der Waals surface area contributed by atoms with E-state index in [2.05, 4.69) is 19.2 Å². The van der Waals surface area contributed by atoms with Gasteiger partial charge in [-0.1, -0.05) is 20.8 Å². The minimum absolute atomic E-state index is 0.267. The third-order valence-corrected chi connectivity index (χ3v) is 3.01. The van der Waals surface area contributed by atoms with Gasteiger partial charge in [0.2, 0.25) is 0 Å². The molecule has 0 fully saturated rings. The van der Waals surface area contributed by atoms with E-state index in [9.17, 15) is 4.79 Å².